The van der Waals surface area contributed by atoms with Gasteiger partial charge in [0.2, 0.25) is 11.8 Å². The molecule has 1 aliphatic rings. The molecule has 0 radical (unpaired) electrons. The molecule has 1 saturated heterocycles. The summed E-state index contributed by atoms with van der Waals surface area (Å²) in [6.45, 7) is 0.548. The molecule has 1 N–H and O–H groups in total. The van der Waals surface area contributed by atoms with Gasteiger partial charge in [-0.3, -0.25) is 19.3 Å². The van der Waals surface area contributed by atoms with Gasteiger partial charge in [-0.25, -0.2) is 0 Å². The van der Waals surface area contributed by atoms with Gasteiger partial charge >= 0.3 is 5.97 Å². The zero-order chi connectivity index (χ0) is 13.4. The van der Waals surface area contributed by atoms with Gasteiger partial charge in [0, 0.05) is 25.8 Å². The first-order chi connectivity index (χ1) is 8.61. The maximum Gasteiger partial charge on any atom is 0.303 e. The highest BCUT2D eigenvalue weighted by molar-refractivity contribution is 6.01. The van der Waals surface area contributed by atoms with Crippen molar-refractivity contribution in [2.75, 3.05) is 6.54 Å². The predicted octanol–water partition coefficient (Wildman–Crippen LogP) is 1.95. The van der Waals surface area contributed by atoms with E-state index in [0.717, 1.165) is 38.5 Å². The standard InChI is InChI=1S/C13H21NO4/c15-11-8-9-12(16)14(11)10-6-4-2-1-3-5-7-13(17)18/h1-10H2,(H,17,18). The third kappa shape index (κ3) is 5.29. The van der Waals surface area contributed by atoms with Crippen LogP contribution in [0, 0.1) is 0 Å². The number of nitrogens with zero attached hydrogens (tertiary/aromatic N) is 1. The van der Waals surface area contributed by atoms with Gasteiger partial charge in [0.1, 0.15) is 0 Å². The topological polar surface area (TPSA) is 74.7 Å². The zero-order valence-electron chi connectivity index (χ0n) is 10.7. The van der Waals surface area contributed by atoms with Gasteiger partial charge in [0.25, 0.3) is 0 Å². The van der Waals surface area contributed by atoms with Gasteiger partial charge in [-0.05, 0) is 12.8 Å². The molecule has 0 atom stereocenters. The second-order valence-corrected chi connectivity index (χ2v) is 4.70. The molecule has 0 aromatic carbocycles. The largest absolute Gasteiger partial charge is 0.481 e. The fourth-order valence-corrected chi connectivity index (χ4v) is 2.13. The molecule has 1 aliphatic heterocycles. The Morgan fingerprint density at radius 1 is 0.944 bits per heavy atom. The van der Waals surface area contributed by atoms with Crippen molar-refractivity contribution in [1.82, 2.24) is 4.90 Å². The minimum Gasteiger partial charge on any atom is -0.481 e. The van der Waals surface area contributed by atoms with Gasteiger partial charge < -0.3 is 5.11 Å². The lowest BCUT2D eigenvalue weighted by molar-refractivity contribution is -0.139. The highest BCUT2D eigenvalue weighted by Crippen LogP contribution is 2.14. The van der Waals surface area contributed by atoms with Crippen LogP contribution in [0.3, 0.4) is 0 Å². The second-order valence-electron chi connectivity index (χ2n) is 4.70. The summed E-state index contributed by atoms with van der Waals surface area (Å²) < 4.78 is 0. The number of imide groups is 1. The Bertz CT molecular complexity index is 298. The molecular formula is C13H21NO4. The fraction of sp³-hybridized carbons (Fsp3) is 0.769. The van der Waals surface area contributed by atoms with Crippen LogP contribution < -0.4 is 0 Å². The lowest BCUT2D eigenvalue weighted by atomic mass is 10.1. The van der Waals surface area contributed by atoms with Crippen LogP contribution in [0.25, 0.3) is 0 Å². The molecule has 5 nitrogen and oxygen atoms in total. The summed E-state index contributed by atoms with van der Waals surface area (Å²) in [7, 11) is 0. The summed E-state index contributed by atoms with van der Waals surface area (Å²) in [6, 6.07) is 0. The van der Waals surface area contributed by atoms with Gasteiger partial charge in [-0.1, -0.05) is 25.7 Å². The third-order valence-corrected chi connectivity index (χ3v) is 3.18. The average Bonchev–Trinajstić information content (AvgIpc) is 2.63. The molecule has 1 fully saturated rings. The lowest BCUT2D eigenvalue weighted by Gasteiger charge is -2.12. The van der Waals surface area contributed by atoms with Crippen molar-refractivity contribution in [3.05, 3.63) is 0 Å². The van der Waals surface area contributed by atoms with E-state index >= 15 is 0 Å². The normalized spacial score (nSPS) is 15.4. The van der Waals surface area contributed by atoms with E-state index in [1.165, 1.54) is 4.90 Å². The van der Waals surface area contributed by atoms with Crippen LogP contribution in [0.2, 0.25) is 0 Å². The number of amides is 2. The Hall–Kier alpha value is -1.39. The Kier molecular flexibility index (Phi) is 6.39. The van der Waals surface area contributed by atoms with E-state index in [4.69, 9.17) is 5.11 Å². The number of carbonyl (C=O) groups excluding carboxylic acids is 2. The Balaban J connectivity index is 1.94. The Morgan fingerprint density at radius 3 is 2.00 bits per heavy atom. The number of carboxylic acids is 1. The molecule has 0 spiro atoms. The SMILES string of the molecule is O=C(O)CCCCCCCCN1C(=O)CCC1=O. The van der Waals surface area contributed by atoms with E-state index in [1.54, 1.807) is 0 Å². The smallest absolute Gasteiger partial charge is 0.303 e. The highest BCUT2D eigenvalue weighted by atomic mass is 16.4. The predicted molar refractivity (Wildman–Crippen MR) is 65.9 cm³/mol. The van der Waals surface area contributed by atoms with Gasteiger partial charge in [-0.2, -0.15) is 0 Å². The van der Waals surface area contributed by atoms with Crippen molar-refractivity contribution in [1.29, 1.82) is 0 Å². The van der Waals surface area contributed by atoms with Gasteiger partial charge in [-0.15, -0.1) is 0 Å². The summed E-state index contributed by atoms with van der Waals surface area (Å²) in [5.41, 5.74) is 0. The highest BCUT2D eigenvalue weighted by Gasteiger charge is 2.27. The van der Waals surface area contributed by atoms with Gasteiger partial charge in [0.15, 0.2) is 0 Å². The molecule has 102 valence electrons. The Labute approximate surface area is 107 Å². The number of aliphatic carboxylic acids is 1. The minimum atomic E-state index is -0.735. The van der Waals surface area contributed by atoms with E-state index in [-0.39, 0.29) is 18.2 Å². The summed E-state index contributed by atoms with van der Waals surface area (Å²) in [5.74, 6) is -0.816. The number of likely N-dealkylation sites (tertiary alicyclic amines) is 1. The molecular weight excluding hydrogens is 234 g/mol. The molecule has 5 heteroatoms. The van der Waals surface area contributed by atoms with Crippen molar-refractivity contribution in [2.45, 2.75) is 57.8 Å². The maximum atomic E-state index is 11.3. The zero-order valence-corrected chi connectivity index (χ0v) is 10.7. The van der Waals surface area contributed by atoms with E-state index in [0.29, 0.717) is 19.4 Å². The summed E-state index contributed by atoms with van der Waals surface area (Å²) in [5, 5.41) is 8.46. The quantitative estimate of drug-likeness (QED) is 0.504. The van der Waals surface area contributed by atoms with Crippen molar-refractivity contribution in [2.24, 2.45) is 0 Å². The Morgan fingerprint density at radius 2 is 1.44 bits per heavy atom. The molecule has 0 aromatic rings. The van der Waals surface area contributed by atoms with E-state index in [1.807, 2.05) is 0 Å². The van der Waals surface area contributed by atoms with Crippen LogP contribution in [0.4, 0.5) is 0 Å². The summed E-state index contributed by atoms with van der Waals surface area (Å²) in [4.78, 5) is 34.2. The van der Waals surface area contributed by atoms with Crippen molar-refractivity contribution >= 4 is 17.8 Å². The molecule has 0 saturated carbocycles. The van der Waals surface area contributed by atoms with Crippen molar-refractivity contribution < 1.29 is 19.5 Å². The number of rotatable bonds is 9. The molecule has 0 aliphatic carbocycles. The summed E-state index contributed by atoms with van der Waals surface area (Å²) >= 11 is 0. The van der Waals surface area contributed by atoms with Crippen LogP contribution in [-0.4, -0.2) is 34.3 Å². The fourth-order valence-electron chi connectivity index (χ4n) is 2.13. The molecule has 0 bridgehead atoms. The van der Waals surface area contributed by atoms with E-state index in [9.17, 15) is 14.4 Å². The molecule has 0 unspecified atom stereocenters. The maximum absolute atomic E-state index is 11.3. The van der Waals surface area contributed by atoms with Crippen LogP contribution in [0.5, 0.6) is 0 Å². The van der Waals surface area contributed by atoms with E-state index in [2.05, 4.69) is 0 Å². The monoisotopic (exact) mass is 255 g/mol. The first-order valence-corrected chi connectivity index (χ1v) is 6.66. The summed E-state index contributed by atoms with van der Waals surface area (Å²) in [6.07, 6.45) is 6.57. The van der Waals surface area contributed by atoms with Crippen LogP contribution >= 0.6 is 0 Å². The average molecular weight is 255 g/mol. The third-order valence-electron chi connectivity index (χ3n) is 3.18. The second kappa shape index (κ2) is 7.84. The molecule has 18 heavy (non-hydrogen) atoms. The molecule has 1 heterocycles. The van der Waals surface area contributed by atoms with Crippen LogP contribution in [0.15, 0.2) is 0 Å². The number of carboxylic acid groups (broad SMARTS) is 1. The van der Waals surface area contributed by atoms with Crippen LogP contribution in [-0.2, 0) is 14.4 Å². The van der Waals surface area contributed by atoms with E-state index < -0.39 is 5.97 Å². The number of carbonyl (C=O) groups is 3. The molecule has 0 aromatic heterocycles. The van der Waals surface area contributed by atoms with Gasteiger partial charge in [0.05, 0.1) is 0 Å². The number of hydrogen-bond donors (Lipinski definition) is 1. The number of hydrogen-bond acceptors (Lipinski definition) is 3. The first kappa shape index (κ1) is 14.7. The lowest BCUT2D eigenvalue weighted by Crippen LogP contribution is -2.29. The first-order valence-electron chi connectivity index (χ1n) is 6.66. The molecule has 1 rings (SSSR count). The minimum absolute atomic E-state index is 0.0403. The number of unbranched alkanes of at least 4 members (excludes halogenated alkanes) is 5. The van der Waals surface area contributed by atoms with Crippen LogP contribution in [0.1, 0.15) is 57.8 Å². The van der Waals surface area contributed by atoms with Crippen molar-refractivity contribution in [3.8, 4) is 0 Å². The molecule has 2 amide bonds. The van der Waals surface area contributed by atoms with Crippen molar-refractivity contribution in [3.63, 3.8) is 0 Å².